The number of hydrogen-bond donors (Lipinski definition) is 1. The van der Waals surface area contributed by atoms with Crippen LogP contribution in [0.25, 0.3) is 5.57 Å². The minimum Gasteiger partial charge on any atom is -0.479 e. The number of piperidine rings is 1. The summed E-state index contributed by atoms with van der Waals surface area (Å²) in [6.07, 6.45) is 3.49. The topological polar surface area (TPSA) is 96.0 Å². The van der Waals surface area contributed by atoms with Gasteiger partial charge < -0.3 is 15.0 Å². The largest absolute Gasteiger partial charge is 0.479 e. The first kappa shape index (κ1) is 24.5. The lowest BCUT2D eigenvalue weighted by Gasteiger charge is -2.35. The number of amides is 2. The number of aryl methyl sites for hydroxylation is 1. The number of sulfonamides is 1. The van der Waals surface area contributed by atoms with Crippen molar-refractivity contribution in [2.45, 2.75) is 44.1 Å². The van der Waals surface area contributed by atoms with E-state index < -0.39 is 16.1 Å². The quantitative estimate of drug-likeness (QED) is 0.681. The lowest BCUT2D eigenvalue weighted by molar-refractivity contribution is -0.136. The van der Waals surface area contributed by atoms with E-state index in [1.165, 1.54) is 21.5 Å². The Morgan fingerprint density at radius 3 is 2.64 bits per heavy atom. The number of hydrogen-bond acceptors (Lipinski definition) is 5. The predicted molar refractivity (Wildman–Crippen MR) is 137 cm³/mol. The Kier molecular flexibility index (Phi) is 6.61. The van der Waals surface area contributed by atoms with E-state index >= 15 is 0 Å². The molecule has 1 fully saturated rings. The highest BCUT2D eigenvalue weighted by Gasteiger charge is 2.37. The molecule has 8 nitrogen and oxygen atoms in total. The zero-order valence-corrected chi connectivity index (χ0v) is 21.4. The van der Waals surface area contributed by atoms with Gasteiger partial charge in [-0.05, 0) is 55.9 Å². The Balaban J connectivity index is 1.30. The summed E-state index contributed by atoms with van der Waals surface area (Å²) >= 11 is 0. The number of nitrogens with one attached hydrogen (secondary N) is 1. The molecule has 0 aromatic heterocycles. The summed E-state index contributed by atoms with van der Waals surface area (Å²) in [5.74, 6) is -0.280. The standard InChI is InChI=1S/C27H31N3O5S/c1-18-15-23-24(35-19(2)26(31)28-23)16-25(18)36(33,34)30-12-6-9-22(17-30)27(32)29-13-10-21(11-14-29)20-7-4-3-5-8-20/h3-5,7-8,10,15-16,19,22H,6,9,11-14,17H2,1-2H3,(H,28,31)/t19-,22-/m0/s1. The normalized spacial score (nSPS) is 22.8. The molecule has 0 unspecified atom stereocenters. The van der Waals surface area contributed by atoms with Crippen LogP contribution in [0.5, 0.6) is 5.75 Å². The molecule has 2 amide bonds. The van der Waals surface area contributed by atoms with E-state index in [4.69, 9.17) is 4.74 Å². The molecule has 2 aromatic carbocycles. The predicted octanol–water partition coefficient (Wildman–Crippen LogP) is 3.43. The van der Waals surface area contributed by atoms with Crippen molar-refractivity contribution in [2.24, 2.45) is 5.92 Å². The molecule has 36 heavy (non-hydrogen) atoms. The first-order valence-electron chi connectivity index (χ1n) is 12.4. The minimum absolute atomic E-state index is 0.0142. The van der Waals surface area contributed by atoms with Gasteiger partial charge in [0.15, 0.2) is 6.10 Å². The van der Waals surface area contributed by atoms with Gasteiger partial charge in [-0.1, -0.05) is 36.4 Å². The maximum absolute atomic E-state index is 13.6. The van der Waals surface area contributed by atoms with E-state index in [0.717, 1.165) is 6.42 Å². The van der Waals surface area contributed by atoms with Crippen LogP contribution in [0.2, 0.25) is 0 Å². The molecule has 1 saturated heterocycles. The Morgan fingerprint density at radius 1 is 1.14 bits per heavy atom. The van der Waals surface area contributed by atoms with Gasteiger partial charge in [0, 0.05) is 32.2 Å². The number of nitrogens with zero attached hydrogens (tertiary/aromatic N) is 2. The highest BCUT2D eigenvalue weighted by atomic mass is 32.2. The van der Waals surface area contributed by atoms with E-state index in [1.807, 2.05) is 23.1 Å². The first-order chi connectivity index (χ1) is 17.2. The third kappa shape index (κ3) is 4.65. The zero-order chi connectivity index (χ0) is 25.4. The van der Waals surface area contributed by atoms with Crippen molar-refractivity contribution in [1.29, 1.82) is 0 Å². The van der Waals surface area contributed by atoms with Crippen molar-refractivity contribution in [3.63, 3.8) is 0 Å². The minimum atomic E-state index is -3.84. The average Bonchev–Trinajstić information content (AvgIpc) is 2.89. The van der Waals surface area contributed by atoms with Crippen LogP contribution in [0, 0.1) is 12.8 Å². The Bertz CT molecular complexity index is 1320. The van der Waals surface area contributed by atoms with Crippen molar-refractivity contribution in [1.82, 2.24) is 9.21 Å². The zero-order valence-electron chi connectivity index (χ0n) is 20.6. The SMILES string of the molecule is Cc1cc2c(cc1S(=O)(=O)N1CCC[C@H](C(=O)N3CC=C(c4ccccc4)CC3)C1)O[C@@H](C)C(=O)N2. The van der Waals surface area contributed by atoms with Gasteiger partial charge in [0.05, 0.1) is 16.5 Å². The van der Waals surface area contributed by atoms with E-state index in [9.17, 15) is 18.0 Å². The van der Waals surface area contributed by atoms with Gasteiger partial charge in [-0.3, -0.25) is 9.59 Å². The molecule has 0 bridgehead atoms. The molecular weight excluding hydrogens is 478 g/mol. The van der Waals surface area contributed by atoms with Crippen LogP contribution in [0.3, 0.4) is 0 Å². The molecule has 0 radical (unpaired) electrons. The van der Waals surface area contributed by atoms with Crippen LogP contribution in [0.4, 0.5) is 5.69 Å². The van der Waals surface area contributed by atoms with Gasteiger partial charge in [-0.15, -0.1) is 0 Å². The van der Waals surface area contributed by atoms with Gasteiger partial charge in [0.25, 0.3) is 5.91 Å². The van der Waals surface area contributed by atoms with E-state index in [-0.39, 0.29) is 29.2 Å². The molecule has 2 aromatic rings. The van der Waals surface area contributed by atoms with Crippen LogP contribution in [-0.4, -0.2) is 61.7 Å². The number of benzene rings is 2. The third-order valence-electron chi connectivity index (χ3n) is 7.22. The molecule has 0 saturated carbocycles. The monoisotopic (exact) mass is 509 g/mol. The smallest absolute Gasteiger partial charge is 0.265 e. The van der Waals surface area contributed by atoms with Gasteiger partial charge in [0.2, 0.25) is 15.9 Å². The summed E-state index contributed by atoms with van der Waals surface area (Å²) in [4.78, 5) is 27.2. The average molecular weight is 510 g/mol. The van der Waals surface area contributed by atoms with Crippen LogP contribution >= 0.6 is 0 Å². The summed E-state index contributed by atoms with van der Waals surface area (Å²) in [6.45, 7) is 5.03. The second-order valence-corrected chi connectivity index (χ2v) is 11.6. The van der Waals surface area contributed by atoms with Crippen molar-refractivity contribution in [3.05, 3.63) is 59.7 Å². The lowest BCUT2D eigenvalue weighted by Crippen LogP contribution is -2.47. The fourth-order valence-corrected chi connectivity index (χ4v) is 6.91. The Labute approximate surface area is 212 Å². The van der Waals surface area contributed by atoms with Gasteiger partial charge in [0.1, 0.15) is 5.75 Å². The van der Waals surface area contributed by atoms with Crippen LogP contribution < -0.4 is 10.1 Å². The highest BCUT2D eigenvalue weighted by molar-refractivity contribution is 7.89. The third-order valence-corrected chi connectivity index (χ3v) is 9.23. The van der Waals surface area contributed by atoms with E-state index in [0.29, 0.717) is 49.5 Å². The molecule has 3 aliphatic heterocycles. The molecule has 5 rings (SSSR count). The molecule has 3 aliphatic rings. The van der Waals surface area contributed by atoms with Crippen LogP contribution in [0.1, 0.15) is 37.3 Å². The molecule has 9 heteroatoms. The van der Waals surface area contributed by atoms with Gasteiger partial charge in [-0.25, -0.2) is 8.42 Å². The molecule has 190 valence electrons. The van der Waals surface area contributed by atoms with Crippen molar-refractivity contribution >= 4 is 33.1 Å². The lowest BCUT2D eigenvalue weighted by atomic mass is 9.95. The second kappa shape index (κ2) is 9.71. The summed E-state index contributed by atoms with van der Waals surface area (Å²) in [7, 11) is -3.84. The Morgan fingerprint density at radius 2 is 1.92 bits per heavy atom. The molecule has 2 atom stereocenters. The van der Waals surface area contributed by atoms with Gasteiger partial charge >= 0.3 is 0 Å². The number of carbonyl (C=O) groups is 2. The summed E-state index contributed by atoms with van der Waals surface area (Å²) < 4.78 is 34.3. The van der Waals surface area contributed by atoms with Crippen molar-refractivity contribution < 1.29 is 22.7 Å². The van der Waals surface area contributed by atoms with Crippen molar-refractivity contribution in [3.8, 4) is 5.75 Å². The second-order valence-electron chi connectivity index (χ2n) is 9.70. The maximum Gasteiger partial charge on any atom is 0.265 e. The van der Waals surface area contributed by atoms with Crippen LogP contribution in [-0.2, 0) is 19.6 Å². The molecule has 0 spiro atoms. The number of anilines is 1. The number of carbonyl (C=O) groups excluding carboxylic acids is 2. The summed E-state index contributed by atoms with van der Waals surface area (Å²) in [5, 5.41) is 2.75. The molecule has 1 N–H and O–H groups in total. The number of rotatable bonds is 4. The van der Waals surface area contributed by atoms with E-state index in [1.54, 1.807) is 19.9 Å². The summed E-state index contributed by atoms with van der Waals surface area (Å²) in [5.41, 5.74) is 3.41. The van der Waals surface area contributed by atoms with Crippen molar-refractivity contribution in [2.75, 3.05) is 31.5 Å². The molecule has 3 heterocycles. The maximum atomic E-state index is 13.6. The number of fused-ring (bicyclic) bond motifs is 1. The van der Waals surface area contributed by atoms with Crippen LogP contribution in [0.15, 0.2) is 53.4 Å². The van der Waals surface area contributed by atoms with E-state index in [2.05, 4.69) is 23.5 Å². The number of ether oxygens (including phenoxy) is 1. The molecule has 0 aliphatic carbocycles. The summed E-state index contributed by atoms with van der Waals surface area (Å²) in [6, 6.07) is 13.3. The molecular formula is C27H31N3O5S. The van der Waals surface area contributed by atoms with Gasteiger partial charge in [-0.2, -0.15) is 4.31 Å². The highest BCUT2D eigenvalue weighted by Crippen LogP contribution is 2.36. The Hall–Kier alpha value is -3.17. The first-order valence-corrected chi connectivity index (χ1v) is 13.8. The fraction of sp³-hybridized carbons (Fsp3) is 0.407. The fourth-order valence-electron chi connectivity index (χ4n) is 5.16.